The molecule has 0 aliphatic carbocycles. The highest BCUT2D eigenvalue weighted by atomic mass is 35.5. The molecule has 6 nitrogen and oxygen atoms in total. The lowest BCUT2D eigenvalue weighted by molar-refractivity contribution is -0.133. The van der Waals surface area contributed by atoms with Crippen molar-refractivity contribution in [2.75, 3.05) is 6.54 Å². The molecule has 2 aromatic heterocycles. The van der Waals surface area contributed by atoms with Crippen molar-refractivity contribution in [2.24, 2.45) is 0 Å². The molecule has 0 spiro atoms. The number of rotatable bonds is 4. The number of carbonyl (C=O) groups is 1. The van der Waals surface area contributed by atoms with Gasteiger partial charge in [-0.2, -0.15) is 10.2 Å². The third-order valence-electron chi connectivity index (χ3n) is 4.23. The molecule has 0 aromatic carbocycles. The van der Waals surface area contributed by atoms with E-state index in [2.05, 4.69) is 10.2 Å². The summed E-state index contributed by atoms with van der Waals surface area (Å²) in [5.41, 5.74) is 1.61. The summed E-state index contributed by atoms with van der Waals surface area (Å²) in [4.78, 5) is 14.6. The van der Waals surface area contributed by atoms with Gasteiger partial charge in [-0.15, -0.1) is 0 Å². The van der Waals surface area contributed by atoms with Crippen LogP contribution in [0.5, 0.6) is 0 Å². The van der Waals surface area contributed by atoms with Gasteiger partial charge in [0.05, 0.1) is 29.0 Å². The molecule has 1 fully saturated rings. The predicted molar refractivity (Wildman–Crippen MR) is 83.7 cm³/mol. The van der Waals surface area contributed by atoms with Gasteiger partial charge in [-0.25, -0.2) is 0 Å². The number of hydrogen-bond acceptors (Lipinski definition) is 3. The maximum atomic E-state index is 12.6. The van der Waals surface area contributed by atoms with E-state index in [1.807, 2.05) is 35.7 Å². The van der Waals surface area contributed by atoms with Crippen molar-refractivity contribution in [2.45, 2.75) is 45.8 Å². The average molecular weight is 322 g/mol. The first-order chi connectivity index (χ1) is 10.6. The molecule has 2 aromatic rings. The van der Waals surface area contributed by atoms with Crippen LogP contribution >= 0.6 is 11.6 Å². The van der Waals surface area contributed by atoms with E-state index in [4.69, 9.17) is 11.6 Å². The number of carbonyl (C=O) groups excluding carboxylic acids is 1. The Bertz CT molecular complexity index is 664. The Hall–Kier alpha value is -1.82. The van der Waals surface area contributed by atoms with Gasteiger partial charge in [0.15, 0.2) is 0 Å². The molecule has 1 saturated heterocycles. The maximum Gasteiger partial charge on any atom is 0.244 e. The molecule has 118 valence electrons. The lowest BCUT2D eigenvalue weighted by atomic mass is 10.2. The van der Waals surface area contributed by atoms with Gasteiger partial charge in [0, 0.05) is 18.9 Å². The minimum absolute atomic E-state index is 0.0944. The molecular weight excluding hydrogens is 302 g/mol. The number of halogens is 1. The molecule has 0 bridgehead atoms. The molecule has 7 heteroatoms. The summed E-state index contributed by atoms with van der Waals surface area (Å²) in [6.45, 7) is 5.54. The molecule has 22 heavy (non-hydrogen) atoms. The Morgan fingerprint density at radius 3 is 2.91 bits per heavy atom. The van der Waals surface area contributed by atoms with E-state index in [0.717, 1.165) is 37.3 Å². The fourth-order valence-electron chi connectivity index (χ4n) is 3.03. The van der Waals surface area contributed by atoms with Crippen LogP contribution in [0.1, 0.15) is 24.2 Å². The minimum Gasteiger partial charge on any atom is -0.336 e. The Labute approximate surface area is 134 Å². The van der Waals surface area contributed by atoms with Crippen molar-refractivity contribution in [3.05, 3.63) is 34.9 Å². The molecule has 0 N–H and O–H groups in total. The number of likely N-dealkylation sites (tertiary alicyclic amines) is 1. The molecule has 1 aliphatic heterocycles. The summed E-state index contributed by atoms with van der Waals surface area (Å²) in [6.07, 6.45) is 5.75. The van der Waals surface area contributed by atoms with Gasteiger partial charge in [0.25, 0.3) is 0 Å². The molecule has 1 amide bonds. The first-order valence-electron chi connectivity index (χ1n) is 7.52. The van der Waals surface area contributed by atoms with Crippen molar-refractivity contribution in [1.29, 1.82) is 0 Å². The van der Waals surface area contributed by atoms with E-state index in [-0.39, 0.29) is 18.5 Å². The van der Waals surface area contributed by atoms with E-state index in [1.165, 1.54) is 0 Å². The zero-order valence-electron chi connectivity index (χ0n) is 12.9. The topological polar surface area (TPSA) is 56.0 Å². The monoisotopic (exact) mass is 321 g/mol. The van der Waals surface area contributed by atoms with Crippen LogP contribution in [-0.2, 0) is 17.9 Å². The zero-order valence-corrected chi connectivity index (χ0v) is 13.6. The smallest absolute Gasteiger partial charge is 0.244 e. The maximum absolute atomic E-state index is 12.6. The number of aryl methyl sites for hydroxylation is 1. The number of aromatic nitrogens is 4. The Morgan fingerprint density at radius 2 is 2.27 bits per heavy atom. The van der Waals surface area contributed by atoms with Crippen LogP contribution in [0.4, 0.5) is 0 Å². The predicted octanol–water partition coefficient (Wildman–Crippen LogP) is 2.04. The second-order valence-corrected chi connectivity index (χ2v) is 6.13. The standard InChI is InChI=1S/C15H20ClN5O/c1-11-15(16)12(2)21(18-11)10-14(22)20-8-3-5-13(20)9-19-7-4-6-17-19/h4,6-7,13H,3,5,8-10H2,1-2H3. The lowest BCUT2D eigenvalue weighted by Crippen LogP contribution is -2.40. The summed E-state index contributed by atoms with van der Waals surface area (Å²) in [5.74, 6) is 0.0944. The second kappa shape index (κ2) is 6.12. The van der Waals surface area contributed by atoms with Crippen LogP contribution in [0.15, 0.2) is 18.5 Å². The summed E-state index contributed by atoms with van der Waals surface area (Å²) in [6, 6.07) is 2.11. The van der Waals surface area contributed by atoms with Crippen molar-refractivity contribution in [3.63, 3.8) is 0 Å². The fourth-order valence-corrected chi connectivity index (χ4v) is 3.16. The summed E-state index contributed by atoms with van der Waals surface area (Å²) >= 11 is 6.15. The fraction of sp³-hybridized carbons (Fsp3) is 0.533. The highest BCUT2D eigenvalue weighted by Crippen LogP contribution is 2.22. The van der Waals surface area contributed by atoms with Crippen LogP contribution < -0.4 is 0 Å². The summed E-state index contributed by atoms with van der Waals surface area (Å²) in [5, 5.41) is 9.21. The van der Waals surface area contributed by atoms with Gasteiger partial charge in [-0.1, -0.05) is 11.6 Å². The largest absolute Gasteiger partial charge is 0.336 e. The Kier molecular flexibility index (Phi) is 4.20. The SMILES string of the molecule is Cc1nn(CC(=O)N2CCCC2Cn2cccn2)c(C)c1Cl. The molecular formula is C15H20ClN5O. The van der Waals surface area contributed by atoms with Crippen molar-refractivity contribution in [3.8, 4) is 0 Å². The number of nitrogens with zero attached hydrogens (tertiary/aromatic N) is 5. The van der Waals surface area contributed by atoms with Gasteiger partial charge in [0.2, 0.25) is 5.91 Å². The highest BCUT2D eigenvalue weighted by molar-refractivity contribution is 6.31. The van der Waals surface area contributed by atoms with Crippen LogP contribution in [0.3, 0.4) is 0 Å². The number of hydrogen-bond donors (Lipinski definition) is 0. The minimum atomic E-state index is 0.0944. The van der Waals surface area contributed by atoms with E-state index in [0.29, 0.717) is 5.02 Å². The van der Waals surface area contributed by atoms with Gasteiger partial charge >= 0.3 is 0 Å². The van der Waals surface area contributed by atoms with Crippen LogP contribution in [0.25, 0.3) is 0 Å². The Morgan fingerprint density at radius 1 is 1.45 bits per heavy atom. The average Bonchev–Trinajstić information content (AvgIpc) is 3.20. The molecule has 0 saturated carbocycles. The Balaban J connectivity index is 1.69. The first kappa shape index (κ1) is 15.1. The summed E-state index contributed by atoms with van der Waals surface area (Å²) < 4.78 is 3.58. The van der Waals surface area contributed by atoms with Crippen molar-refractivity contribution in [1.82, 2.24) is 24.5 Å². The van der Waals surface area contributed by atoms with Crippen LogP contribution in [0.2, 0.25) is 5.02 Å². The quantitative estimate of drug-likeness (QED) is 0.866. The molecule has 1 unspecified atom stereocenters. The van der Waals surface area contributed by atoms with Crippen molar-refractivity contribution >= 4 is 17.5 Å². The van der Waals surface area contributed by atoms with Gasteiger partial charge in [-0.05, 0) is 32.8 Å². The third-order valence-corrected chi connectivity index (χ3v) is 4.78. The molecule has 0 radical (unpaired) electrons. The summed E-state index contributed by atoms with van der Waals surface area (Å²) in [7, 11) is 0. The van der Waals surface area contributed by atoms with E-state index in [1.54, 1.807) is 10.9 Å². The zero-order chi connectivity index (χ0) is 15.7. The van der Waals surface area contributed by atoms with Crippen LogP contribution in [-0.4, -0.2) is 43.0 Å². The molecule has 3 heterocycles. The lowest BCUT2D eigenvalue weighted by Gasteiger charge is -2.25. The van der Waals surface area contributed by atoms with Gasteiger partial charge in [-0.3, -0.25) is 14.2 Å². The van der Waals surface area contributed by atoms with Gasteiger partial charge in [0.1, 0.15) is 6.54 Å². The molecule has 3 rings (SSSR count). The molecule has 1 atom stereocenters. The van der Waals surface area contributed by atoms with E-state index in [9.17, 15) is 4.79 Å². The van der Waals surface area contributed by atoms with Gasteiger partial charge < -0.3 is 4.90 Å². The van der Waals surface area contributed by atoms with Crippen LogP contribution in [0, 0.1) is 13.8 Å². The van der Waals surface area contributed by atoms with E-state index < -0.39 is 0 Å². The van der Waals surface area contributed by atoms with Crippen molar-refractivity contribution < 1.29 is 4.79 Å². The normalized spacial score (nSPS) is 18.1. The number of amides is 1. The highest BCUT2D eigenvalue weighted by Gasteiger charge is 2.29. The first-order valence-corrected chi connectivity index (χ1v) is 7.90. The molecule has 1 aliphatic rings. The third kappa shape index (κ3) is 2.88. The second-order valence-electron chi connectivity index (χ2n) is 5.75. The van der Waals surface area contributed by atoms with E-state index >= 15 is 0 Å².